The normalized spacial score (nSPS) is 25.1. The third-order valence-electron chi connectivity index (χ3n) is 4.68. The van der Waals surface area contributed by atoms with Crippen LogP contribution in [-0.2, 0) is 4.79 Å². The first kappa shape index (κ1) is 15.7. The van der Waals surface area contributed by atoms with Crippen molar-refractivity contribution in [2.45, 2.75) is 36.2 Å². The third-order valence-corrected chi connectivity index (χ3v) is 5.66. The van der Waals surface area contributed by atoms with Crippen molar-refractivity contribution in [2.75, 3.05) is 33.0 Å². The summed E-state index contributed by atoms with van der Waals surface area (Å²) in [5.41, 5.74) is 0. The smallest absolute Gasteiger partial charge is 0.233 e. The molecule has 2 heterocycles. The predicted octanol–water partition coefficient (Wildman–Crippen LogP) is 2.48. The molecule has 4 nitrogen and oxygen atoms in total. The van der Waals surface area contributed by atoms with Gasteiger partial charge in [0.15, 0.2) is 0 Å². The number of carbonyl (C=O) groups is 1. The zero-order chi connectivity index (χ0) is 15.5. The van der Waals surface area contributed by atoms with Crippen LogP contribution in [0.4, 0.5) is 0 Å². The number of nitrogens with zero attached hydrogens (tertiary/aromatic N) is 2. The molecule has 0 unspecified atom stereocenters. The lowest BCUT2D eigenvalue weighted by atomic mass is 10.1. The summed E-state index contributed by atoms with van der Waals surface area (Å²) in [5, 5.41) is 0. The van der Waals surface area contributed by atoms with Gasteiger partial charge in [0.05, 0.1) is 12.9 Å². The maximum Gasteiger partial charge on any atom is 0.233 e. The maximum absolute atomic E-state index is 12.7. The van der Waals surface area contributed by atoms with E-state index in [-0.39, 0.29) is 5.91 Å². The average molecular weight is 320 g/mol. The molecule has 0 radical (unpaired) electrons. The summed E-state index contributed by atoms with van der Waals surface area (Å²) in [6.07, 6.45) is 3.45. The van der Waals surface area contributed by atoms with Crippen molar-refractivity contribution < 1.29 is 9.53 Å². The molecule has 0 aromatic heterocycles. The Bertz CT molecular complexity index is 537. The number of fused-ring (bicyclic) bond motifs is 2. The molecule has 1 aromatic rings. The second-order valence-electron chi connectivity index (χ2n) is 6.20. The number of methoxy groups -OCH3 is 1. The van der Waals surface area contributed by atoms with E-state index in [4.69, 9.17) is 4.74 Å². The molecule has 3 rings (SSSR count). The van der Waals surface area contributed by atoms with Gasteiger partial charge in [-0.3, -0.25) is 4.79 Å². The molecule has 0 spiro atoms. The Morgan fingerprint density at radius 2 is 2.14 bits per heavy atom. The van der Waals surface area contributed by atoms with Crippen molar-refractivity contribution >= 4 is 17.7 Å². The first-order valence-electron chi connectivity index (χ1n) is 7.94. The van der Waals surface area contributed by atoms with Crippen molar-refractivity contribution in [1.82, 2.24) is 9.80 Å². The highest BCUT2D eigenvalue weighted by Gasteiger charge is 2.38. The first-order valence-corrected chi connectivity index (χ1v) is 8.92. The summed E-state index contributed by atoms with van der Waals surface area (Å²) in [6.45, 7) is 2.13. The van der Waals surface area contributed by atoms with Crippen molar-refractivity contribution in [3.05, 3.63) is 24.3 Å². The number of likely N-dealkylation sites (tertiary alicyclic amines) is 1. The fourth-order valence-electron chi connectivity index (χ4n) is 3.56. The molecule has 22 heavy (non-hydrogen) atoms. The molecule has 120 valence electrons. The van der Waals surface area contributed by atoms with Crippen LogP contribution in [0.25, 0.3) is 0 Å². The largest absolute Gasteiger partial charge is 0.497 e. The molecule has 1 amide bonds. The molecule has 5 heteroatoms. The third kappa shape index (κ3) is 3.41. The first-order chi connectivity index (χ1) is 10.7. The summed E-state index contributed by atoms with van der Waals surface area (Å²) in [7, 11) is 3.83. The van der Waals surface area contributed by atoms with Crippen molar-refractivity contribution in [1.29, 1.82) is 0 Å². The summed E-state index contributed by atoms with van der Waals surface area (Å²) in [5.74, 6) is 1.65. The lowest BCUT2D eigenvalue weighted by molar-refractivity contribution is -0.130. The fraction of sp³-hybridized carbons (Fsp3) is 0.588. The zero-order valence-corrected chi connectivity index (χ0v) is 14.1. The molecule has 2 fully saturated rings. The van der Waals surface area contributed by atoms with Gasteiger partial charge >= 0.3 is 0 Å². The van der Waals surface area contributed by atoms with E-state index in [1.807, 2.05) is 24.3 Å². The van der Waals surface area contributed by atoms with Gasteiger partial charge in [-0.1, -0.05) is 6.07 Å². The van der Waals surface area contributed by atoms with Gasteiger partial charge in [0.1, 0.15) is 5.75 Å². The monoisotopic (exact) mass is 320 g/mol. The van der Waals surface area contributed by atoms with Gasteiger partial charge in [-0.25, -0.2) is 0 Å². The van der Waals surface area contributed by atoms with E-state index >= 15 is 0 Å². The van der Waals surface area contributed by atoms with Gasteiger partial charge in [-0.2, -0.15) is 0 Å². The van der Waals surface area contributed by atoms with E-state index in [2.05, 4.69) is 16.8 Å². The SMILES string of the molecule is COc1cccc(SCC(=O)N2[C@@H]3CC[C@H]2CN(C)CC3)c1. The highest BCUT2D eigenvalue weighted by molar-refractivity contribution is 8.00. The molecule has 0 N–H and O–H groups in total. The van der Waals surface area contributed by atoms with Crippen LogP contribution in [-0.4, -0.2) is 60.8 Å². The Kier molecular flexibility index (Phi) is 4.93. The van der Waals surface area contributed by atoms with Crippen LogP contribution in [0.2, 0.25) is 0 Å². The molecule has 2 aliphatic rings. The minimum atomic E-state index is 0.288. The number of amides is 1. The van der Waals surface area contributed by atoms with Gasteiger partial charge in [0.25, 0.3) is 0 Å². The summed E-state index contributed by atoms with van der Waals surface area (Å²) < 4.78 is 5.24. The van der Waals surface area contributed by atoms with Crippen LogP contribution in [0.1, 0.15) is 19.3 Å². The summed E-state index contributed by atoms with van der Waals surface area (Å²) in [4.78, 5) is 18.3. The second-order valence-corrected chi connectivity index (χ2v) is 7.25. The Morgan fingerprint density at radius 1 is 1.32 bits per heavy atom. The predicted molar refractivity (Wildman–Crippen MR) is 89.5 cm³/mol. The average Bonchev–Trinajstić information content (AvgIpc) is 2.84. The Morgan fingerprint density at radius 3 is 2.95 bits per heavy atom. The number of carbonyl (C=O) groups excluding carboxylic acids is 1. The topological polar surface area (TPSA) is 32.8 Å². The van der Waals surface area contributed by atoms with Crippen molar-refractivity contribution in [2.24, 2.45) is 0 Å². The molecule has 2 aliphatic heterocycles. The van der Waals surface area contributed by atoms with E-state index in [1.54, 1.807) is 18.9 Å². The molecule has 2 saturated heterocycles. The van der Waals surface area contributed by atoms with Crippen LogP contribution in [0.3, 0.4) is 0 Å². The molecule has 0 saturated carbocycles. The number of hydrogen-bond donors (Lipinski definition) is 0. The highest BCUT2D eigenvalue weighted by Crippen LogP contribution is 2.31. The van der Waals surface area contributed by atoms with Crippen LogP contribution in [0, 0.1) is 0 Å². The van der Waals surface area contributed by atoms with Crippen LogP contribution in [0.15, 0.2) is 29.2 Å². The summed E-state index contributed by atoms with van der Waals surface area (Å²) in [6, 6.07) is 8.78. The molecular weight excluding hydrogens is 296 g/mol. The quantitative estimate of drug-likeness (QED) is 0.798. The van der Waals surface area contributed by atoms with Crippen molar-refractivity contribution in [3.8, 4) is 5.75 Å². The van der Waals surface area contributed by atoms with E-state index in [0.717, 1.165) is 36.6 Å². The number of likely N-dealkylation sites (N-methyl/N-ethyl adjacent to an activating group) is 1. The minimum Gasteiger partial charge on any atom is -0.497 e. The molecule has 2 atom stereocenters. The standard InChI is InChI=1S/C17H24N2O2S/c1-18-9-8-13-6-7-14(11-18)19(13)17(20)12-22-16-5-3-4-15(10-16)21-2/h3-5,10,13-14H,6-9,11-12H2,1-2H3/t13-,14+/m1/s1. The number of rotatable bonds is 4. The number of thioether (sulfide) groups is 1. The molecular formula is C17H24N2O2S. The van der Waals surface area contributed by atoms with Crippen LogP contribution < -0.4 is 4.74 Å². The Hall–Kier alpha value is -1.20. The minimum absolute atomic E-state index is 0.288. The number of benzene rings is 1. The lowest BCUT2D eigenvalue weighted by Gasteiger charge is -2.28. The molecule has 0 aliphatic carbocycles. The molecule has 1 aromatic carbocycles. The van der Waals surface area contributed by atoms with E-state index in [9.17, 15) is 4.79 Å². The summed E-state index contributed by atoms with van der Waals surface area (Å²) >= 11 is 1.61. The zero-order valence-electron chi connectivity index (χ0n) is 13.3. The van der Waals surface area contributed by atoms with Crippen molar-refractivity contribution in [3.63, 3.8) is 0 Å². The highest BCUT2D eigenvalue weighted by atomic mass is 32.2. The maximum atomic E-state index is 12.7. The van der Waals surface area contributed by atoms with E-state index in [0.29, 0.717) is 17.8 Å². The van der Waals surface area contributed by atoms with Gasteiger partial charge in [-0.15, -0.1) is 11.8 Å². The van der Waals surface area contributed by atoms with Crippen LogP contribution in [0.5, 0.6) is 5.75 Å². The van der Waals surface area contributed by atoms with Gasteiger partial charge in [0, 0.05) is 23.5 Å². The Balaban J connectivity index is 1.62. The van der Waals surface area contributed by atoms with E-state index < -0.39 is 0 Å². The molecule has 2 bridgehead atoms. The number of ether oxygens (including phenoxy) is 1. The second kappa shape index (κ2) is 6.92. The fourth-order valence-corrected chi connectivity index (χ4v) is 4.38. The lowest BCUT2D eigenvalue weighted by Crippen LogP contribution is -2.43. The van der Waals surface area contributed by atoms with Crippen LogP contribution >= 0.6 is 11.8 Å². The van der Waals surface area contributed by atoms with Gasteiger partial charge < -0.3 is 14.5 Å². The van der Waals surface area contributed by atoms with E-state index in [1.165, 1.54) is 6.42 Å². The number of hydrogen-bond acceptors (Lipinski definition) is 4. The Labute approximate surface area is 136 Å². The van der Waals surface area contributed by atoms with Gasteiger partial charge in [0.2, 0.25) is 5.91 Å². The van der Waals surface area contributed by atoms with Gasteiger partial charge in [-0.05, 0) is 51.1 Å².